The van der Waals surface area contributed by atoms with Crippen molar-refractivity contribution in [2.75, 3.05) is 20.8 Å². The third kappa shape index (κ3) is 3.19. The van der Waals surface area contributed by atoms with Gasteiger partial charge >= 0.3 is 7.60 Å². The predicted octanol–water partition coefficient (Wildman–Crippen LogP) is 2.26. The molecule has 0 radical (unpaired) electrons. The summed E-state index contributed by atoms with van der Waals surface area (Å²) < 4.78 is 32.6. The van der Waals surface area contributed by atoms with Crippen LogP contribution in [0.1, 0.15) is 13.8 Å². The lowest BCUT2D eigenvalue weighted by Crippen LogP contribution is -2.30. The summed E-state index contributed by atoms with van der Waals surface area (Å²) in [7, 11) is -1.08. The molecule has 1 unspecified atom stereocenters. The summed E-state index contributed by atoms with van der Waals surface area (Å²) in [6.45, 7) is 3.59. The van der Waals surface area contributed by atoms with Crippen LogP contribution in [0.2, 0.25) is 0 Å². The Kier molecular flexibility index (Phi) is 4.55. The fourth-order valence-electron chi connectivity index (χ4n) is 1.55. The van der Waals surface area contributed by atoms with E-state index in [0.29, 0.717) is 0 Å². The molecule has 0 saturated carbocycles. The third-order valence-corrected chi connectivity index (χ3v) is 4.47. The molecule has 0 spiro atoms. The molecule has 9 heteroatoms. The highest BCUT2D eigenvalue weighted by atomic mass is 31.2. The smallest absolute Gasteiger partial charge is 0.341 e. The van der Waals surface area contributed by atoms with Crippen molar-refractivity contribution in [2.45, 2.75) is 31.5 Å². The minimum absolute atomic E-state index is 0.160. The molecule has 0 bridgehead atoms. The maximum atomic E-state index is 12.2. The summed E-state index contributed by atoms with van der Waals surface area (Å²) >= 11 is 0. The summed E-state index contributed by atoms with van der Waals surface area (Å²) in [5.41, 5.74) is 8.51. The van der Waals surface area contributed by atoms with Gasteiger partial charge in [-0.05, 0) is 19.4 Å². The van der Waals surface area contributed by atoms with Gasteiger partial charge in [0.25, 0.3) is 0 Å². The summed E-state index contributed by atoms with van der Waals surface area (Å²) in [6.07, 6.45) is -0.661. The zero-order valence-electron chi connectivity index (χ0n) is 10.2. The van der Waals surface area contributed by atoms with Crippen LogP contribution in [0.15, 0.2) is 5.11 Å². The van der Waals surface area contributed by atoms with Crippen molar-refractivity contribution in [3.63, 3.8) is 0 Å². The molecular formula is C8H16N3O5P. The average Bonchev–Trinajstić information content (AvgIpc) is 2.65. The first-order valence-corrected chi connectivity index (χ1v) is 6.57. The van der Waals surface area contributed by atoms with Crippen LogP contribution in [0.5, 0.6) is 0 Å². The van der Waals surface area contributed by atoms with Gasteiger partial charge in [-0.3, -0.25) is 4.57 Å². The molecule has 1 aliphatic heterocycles. The summed E-state index contributed by atoms with van der Waals surface area (Å²) in [5, 5.41) is 3.45. The Balaban J connectivity index is 2.95. The van der Waals surface area contributed by atoms with Crippen molar-refractivity contribution in [3.8, 4) is 0 Å². The molecule has 98 valence electrons. The van der Waals surface area contributed by atoms with E-state index in [1.165, 1.54) is 14.2 Å². The topological polar surface area (TPSA) is 103 Å². The highest BCUT2D eigenvalue weighted by molar-refractivity contribution is 7.54. The Hall–Kier alpha value is -0.620. The molecule has 0 amide bonds. The van der Waals surface area contributed by atoms with E-state index in [9.17, 15) is 4.57 Å². The first-order chi connectivity index (χ1) is 7.88. The van der Waals surface area contributed by atoms with Gasteiger partial charge in [0.2, 0.25) is 0 Å². The lowest BCUT2D eigenvalue weighted by Gasteiger charge is -2.25. The van der Waals surface area contributed by atoms with Gasteiger partial charge in [0.1, 0.15) is 6.10 Å². The van der Waals surface area contributed by atoms with Crippen LogP contribution in [0.3, 0.4) is 0 Å². The number of hydrogen-bond acceptors (Lipinski definition) is 6. The van der Waals surface area contributed by atoms with Crippen LogP contribution in [-0.2, 0) is 23.1 Å². The van der Waals surface area contributed by atoms with Gasteiger partial charge in [0.15, 0.2) is 11.6 Å². The predicted molar refractivity (Wildman–Crippen MR) is 59.5 cm³/mol. The zero-order chi connectivity index (χ0) is 13.1. The number of nitrogens with zero attached hydrogens (tertiary/aromatic N) is 3. The lowest BCUT2D eigenvalue weighted by atomic mass is 10.4. The minimum Gasteiger partial charge on any atom is -0.348 e. The fraction of sp³-hybridized carbons (Fsp3) is 1.00. The van der Waals surface area contributed by atoms with Gasteiger partial charge < -0.3 is 18.5 Å². The number of ether oxygens (including phenoxy) is 2. The SMILES string of the molecule is COP(=O)(OC)[C@@H](N=[N+]=[N-])C1COC(C)(C)O1. The molecule has 0 aromatic heterocycles. The molecule has 1 saturated heterocycles. The summed E-state index contributed by atoms with van der Waals surface area (Å²) in [6, 6.07) is 0. The maximum Gasteiger partial charge on any atom is 0.341 e. The largest absolute Gasteiger partial charge is 0.348 e. The van der Waals surface area contributed by atoms with E-state index in [1.54, 1.807) is 13.8 Å². The molecule has 17 heavy (non-hydrogen) atoms. The first-order valence-electron chi connectivity index (χ1n) is 4.95. The van der Waals surface area contributed by atoms with Gasteiger partial charge in [-0.15, -0.1) is 0 Å². The summed E-state index contributed by atoms with van der Waals surface area (Å²) in [4.78, 5) is 2.65. The van der Waals surface area contributed by atoms with E-state index in [0.717, 1.165) is 0 Å². The Morgan fingerprint density at radius 2 is 2.12 bits per heavy atom. The Labute approximate surface area is 99.3 Å². The monoisotopic (exact) mass is 265 g/mol. The van der Waals surface area contributed by atoms with Crippen molar-refractivity contribution in [1.29, 1.82) is 0 Å². The van der Waals surface area contributed by atoms with Crippen LogP contribution in [0.25, 0.3) is 10.4 Å². The molecule has 1 heterocycles. The van der Waals surface area contributed by atoms with E-state index in [1.807, 2.05) is 0 Å². The number of rotatable bonds is 5. The molecule has 1 rings (SSSR count). The van der Waals surface area contributed by atoms with Crippen molar-refractivity contribution < 1.29 is 23.1 Å². The second-order valence-corrected chi connectivity index (χ2v) is 6.23. The van der Waals surface area contributed by atoms with Crippen molar-refractivity contribution in [1.82, 2.24) is 0 Å². The molecule has 0 aliphatic carbocycles. The molecular weight excluding hydrogens is 249 g/mol. The second kappa shape index (κ2) is 5.35. The Morgan fingerprint density at radius 1 is 1.53 bits per heavy atom. The Bertz CT molecular complexity index is 360. The van der Waals surface area contributed by atoms with Gasteiger partial charge in [0, 0.05) is 19.1 Å². The first kappa shape index (κ1) is 14.4. The molecule has 0 aromatic carbocycles. The standard InChI is InChI=1S/C8H16N3O5P/c1-8(2)15-5-6(16-8)7(10-11-9)17(12,13-3)14-4/h6-7H,5H2,1-4H3/t6?,7-/m1/s1. The zero-order valence-corrected chi connectivity index (χ0v) is 11.1. The molecule has 0 N–H and O–H groups in total. The van der Waals surface area contributed by atoms with E-state index in [4.69, 9.17) is 24.1 Å². The average molecular weight is 265 g/mol. The van der Waals surface area contributed by atoms with Crippen molar-refractivity contribution in [2.24, 2.45) is 5.11 Å². The highest BCUT2D eigenvalue weighted by Crippen LogP contribution is 2.55. The summed E-state index contributed by atoms with van der Waals surface area (Å²) in [5.74, 6) is -1.87. The van der Waals surface area contributed by atoms with Gasteiger partial charge in [-0.2, -0.15) is 0 Å². The maximum absolute atomic E-state index is 12.2. The normalized spacial score (nSPS) is 25.3. The Morgan fingerprint density at radius 3 is 2.47 bits per heavy atom. The minimum atomic E-state index is -3.54. The quantitative estimate of drug-likeness (QED) is 0.328. The van der Waals surface area contributed by atoms with Crippen molar-refractivity contribution >= 4 is 7.60 Å². The van der Waals surface area contributed by atoms with Crippen LogP contribution in [0.4, 0.5) is 0 Å². The van der Waals surface area contributed by atoms with Gasteiger partial charge in [0.05, 0.1) is 6.61 Å². The number of azide groups is 1. The number of hydrogen-bond donors (Lipinski definition) is 0. The van der Waals surface area contributed by atoms with E-state index in [2.05, 4.69) is 10.0 Å². The fourth-order valence-corrected chi connectivity index (χ4v) is 2.85. The van der Waals surface area contributed by atoms with Crippen molar-refractivity contribution in [3.05, 3.63) is 10.4 Å². The molecule has 0 aromatic rings. The highest BCUT2D eigenvalue weighted by Gasteiger charge is 2.46. The van der Waals surface area contributed by atoms with Crippen LogP contribution >= 0.6 is 7.60 Å². The van der Waals surface area contributed by atoms with Gasteiger partial charge in [-0.1, -0.05) is 5.11 Å². The van der Waals surface area contributed by atoms with E-state index >= 15 is 0 Å². The van der Waals surface area contributed by atoms with Crippen LogP contribution in [-0.4, -0.2) is 38.5 Å². The van der Waals surface area contributed by atoms with Gasteiger partial charge in [-0.25, -0.2) is 0 Å². The van der Waals surface area contributed by atoms with Crippen LogP contribution < -0.4 is 0 Å². The van der Waals surface area contributed by atoms with E-state index < -0.39 is 25.3 Å². The van der Waals surface area contributed by atoms with E-state index in [-0.39, 0.29) is 6.61 Å². The van der Waals surface area contributed by atoms with Crippen LogP contribution in [0, 0.1) is 0 Å². The second-order valence-electron chi connectivity index (χ2n) is 3.89. The lowest BCUT2D eigenvalue weighted by molar-refractivity contribution is -0.138. The molecule has 1 aliphatic rings. The molecule has 8 nitrogen and oxygen atoms in total. The molecule has 2 atom stereocenters. The molecule has 1 fully saturated rings. The third-order valence-electron chi connectivity index (χ3n) is 2.37.